The summed E-state index contributed by atoms with van der Waals surface area (Å²) < 4.78 is 0. The fourth-order valence-electron chi connectivity index (χ4n) is 4.18. The standard InChI is InChI=1S/C17H28N2O2/c20-16(14-7-2-1-3-8-14)19-12-6-9-15(13-19)17(21)18-10-4-5-11-18/h14-15H,1-13H2/t15-/m1/s1. The minimum Gasteiger partial charge on any atom is -0.342 e. The zero-order valence-electron chi connectivity index (χ0n) is 13.1. The van der Waals surface area contributed by atoms with Crippen LogP contribution >= 0.6 is 0 Å². The average molecular weight is 292 g/mol. The van der Waals surface area contributed by atoms with Crippen LogP contribution in [0, 0.1) is 11.8 Å². The van der Waals surface area contributed by atoms with Crippen molar-refractivity contribution in [2.75, 3.05) is 26.2 Å². The SMILES string of the molecule is O=C(C1CCCCC1)N1CCC[C@@H](C(=O)N2CCCC2)C1. The van der Waals surface area contributed by atoms with Gasteiger partial charge in [-0.25, -0.2) is 0 Å². The normalized spacial score (nSPS) is 27.9. The molecular formula is C17H28N2O2. The predicted molar refractivity (Wildman–Crippen MR) is 81.7 cm³/mol. The quantitative estimate of drug-likeness (QED) is 0.784. The third-order valence-electron chi connectivity index (χ3n) is 5.45. The van der Waals surface area contributed by atoms with Gasteiger partial charge in [-0.05, 0) is 38.5 Å². The van der Waals surface area contributed by atoms with Crippen molar-refractivity contribution in [1.82, 2.24) is 9.80 Å². The molecule has 3 fully saturated rings. The molecule has 0 aromatic rings. The van der Waals surface area contributed by atoms with Crippen LogP contribution in [0.2, 0.25) is 0 Å². The van der Waals surface area contributed by atoms with E-state index in [2.05, 4.69) is 0 Å². The van der Waals surface area contributed by atoms with E-state index in [0.29, 0.717) is 18.4 Å². The zero-order chi connectivity index (χ0) is 14.7. The summed E-state index contributed by atoms with van der Waals surface area (Å²) in [6, 6.07) is 0. The van der Waals surface area contributed by atoms with Gasteiger partial charge in [0.1, 0.15) is 0 Å². The maximum Gasteiger partial charge on any atom is 0.227 e. The van der Waals surface area contributed by atoms with E-state index in [1.165, 1.54) is 19.3 Å². The van der Waals surface area contributed by atoms with Crippen LogP contribution < -0.4 is 0 Å². The van der Waals surface area contributed by atoms with Gasteiger partial charge in [0.25, 0.3) is 0 Å². The second kappa shape index (κ2) is 6.80. The monoisotopic (exact) mass is 292 g/mol. The molecule has 3 aliphatic rings. The van der Waals surface area contributed by atoms with Gasteiger partial charge in [0.15, 0.2) is 0 Å². The predicted octanol–water partition coefficient (Wildman–Crippen LogP) is 2.43. The smallest absolute Gasteiger partial charge is 0.227 e. The number of amides is 2. The number of likely N-dealkylation sites (tertiary alicyclic amines) is 2. The lowest BCUT2D eigenvalue weighted by Gasteiger charge is -2.36. The number of hydrogen-bond acceptors (Lipinski definition) is 2. The van der Waals surface area contributed by atoms with Gasteiger partial charge in [0, 0.05) is 32.1 Å². The topological polar surface area (TPSA) is 40.6 Å². The van der Waals surface area contributed by atoms with Crippen molar-refractivity contribution in [3.05, 3.63) is 0 Å². The van der Waals surface area contributed by atoms with E-state index in [-0.39, 0.29) is 11.8 Å². The second-order valence-corrected chi connectivity index (χ2v) is 6.99. The van der Waals surface area contributed by atoms with Crippen molar-refractivity contribution in [3.63, 3.8) is 0 Å². The highest BCUT2D eigenvalue weighted by molar-refractivity contribution is 5.82. The molecule has 4 heteroatoms. The zero-order valence-corrected chi connectivity index (χ0v) is 13.1. The Bertz CT molecular complexity index is 384. The second-order valence-electron chi connectivity index (χ2n) is 6.99. The number of hydrogen-bond donors (Lipinski definition) is 0. The molecule has 118 valence electrons. The molecule has 0 N–H and O–H groups in total. The Morgan fingerprint density at radius 3 is 1.90 bits per heavy atom. The molecule has 1 saturated carbocycles. The Kier molecular flexibility index (Phi) is 4.81. The number of nitrogens with zero attached hydrogens (tertiary/aromatic N) is 2. The molecule has 21 heavy (non-hydrogen) atoms. The summed E-state index contributed by atoms with van der Waals surface area (Å²) in [5.41, 5.74) is 0. The molecule has 0 spiro atoms. The van der Waals surface area contributed by atoms with Crippen molar-refractivity contribution < 1.29 is 9.59 Å². The highest BCUT2D eigenvalue weighted by Crippen LogP contribution is 2.28. The first-order valence-electron chi connectivity index (χ1n) is 8.83. The molecule has 2 heterocycles. The van der Waals surface area contributed by atoms with Crippen molar-refractivity contribution in [2.24, 2.45) is 11.8 Å². The Hall–Kier alpha value is -1.06. The van der Waals surface area contributed by atoms with Gasteiger partial charge in [0.2, 0.25) is 11.8 Å². The number of carbonyl (C=O) groups is 2. The van der Waals surface area contributed by atoms with Gasteiger partial charge in [-0.1, -0.05) is 19.3 Å². The van der Waals surface area contributed by atoms with E-state index < -0.39 is 0 Å². The minimum absolute atomic E-state index is 0.0596. The summed E-state index contributed by atoms with van der Waals surface area (Å²) in [4.78, 5) is 29.2. The van der Waals surface area contributed by atoms with E-state index in [9.17, 15) is 9.59 Å². The van der Waals surface area contributed by atoms with Gasteiger partial charge >= 0.3 is 0 Å². The van der Waals surface area contributed by atoms with E-state index in [0.717, 1.165) is 58.2 Å². The van der Waals surface area contributed by atoms with Gasteiger partial charge in [-0.2, -0.15) is 0 Å². The molecule has 0 bridgehead atoms. The summed E-state index contributed by atoms with van der Waals surface area (Å²) in [7, 11) is 0. The van der Waals surface area contributed by atoms with Crippen LogP contribution in [0.3, 0.4) is 0 Å². The van der Waals surface area contributed by atoms with E-state index >= 15 is 0 Å². The number of rotatable bonds is 2. The van der Waals surface area contributed by atoms with Crippen LogP contribution in [0.15, 0.2) is 0 Å². The molecule has 0 unspecified atom stereocenters. The van der Waals surface area contributed by atoms with Crippen molar-refractivity contribution in [3.8, 4) is 0 Å². The first kappa shape index (κ1) is 14.9. The average Bonchev–Trinajstić information content (AvgIpc) is 3.09. The molecule has 3 rings (SSSR count). The molecule has 4 nitrogen and oxygen atoms in total. The van der Waals surface area contributed by atoms with Crippen LogP contribution in [-0.4, -0.2) is 47.8 Å². The fourth-order valence-corrected chi connectivity index (χ4v) is 4.18. The molecule has 0 aromatic carbocycles. The van der Waals surface area contributed by atoms with Crippen molar-refractivity contribution in [1.29, 1.82) is 0 Å². The molecule has 2 saturated heterocycles. The number of carbonyl (C=O) groups excluding carboxylic acids is 2. The third-order valence-corrected chi connectivity index (χ3v) is 5.45. The van der Waals surface area contributed by atoms with Gasteiger partial charge < -0.3 is 9.80 Å². The third kappa shape index (κ3) is 3.41. The highest BCUT2D eigenvalue weighted by atomic mass is 16.2. The molecule has 0 radical (unpaired) electrons. The van der Waals surface area contributed by atoms with Crippen LogP contribution in [0.1, 0.15) is 57.8 Å². The Morgan fingerprint density at radius 2 is 1.19 bits per heavy atom. The molecule has 1 atom stereocenters. The van der Waals surface area contributed by atoms with Crippen molar-refractivity contribution in [2.45, 2.75) is 57.8 Å². The molecule has 2 aliphatic heterocycles. The minimum atomic E-state index is 0.0596. The fraction of sp³-hybridized carbons (Fsp3) is 0.882. The first-order chi connectivity index (χ1) is 10.3. The summed E-state index contributed by atoms with van der Waals surface area (Å²) in [6.07, 6.45) is 10.0. The van der Waals surface area contributed by atoms with E-state index in [1.807, 2.05) is 9.80 Å². The van der Waals surface area contributed by atoms with Gasteiger partial charge in [0.05, 0.1) is 5.92 Å². The first-order valence-corrected chi connectivity index (χ1v) is 8.83. The highest BCUT2D eigenvalue weighted by Gasteiger charge is 2.34. The Labute approximate surface area is 127 Å². The van der Waals surface area contributed by atoms with Gasteiger partial charge in [-0.3, -0.25) is 9.59 Å². The lowest BCUT2D eigenvalue weighted by molar-refractivity contribution is -0.143. The van der Waals surface area contributed by atoms with Crippen LogP contribution in [0.5, 0.6) is 0 Å². The summed E-state index contributed by atoms with van der Waals surface area (Å²) in [5.74, 6) is 0.922. The lowest BCUT2D eigenvalue weighted by Crippen LogP contribution is -2.48. The number of piperidine rings is 1. The Balaban J connectivity index is 1.57. The van der Waals surface area contributed by atoms with Gasteiger partial charge in [-0.15, -0.1) is 0 Å². The summed E-state index contributed by atoms with van der Waals surface area (Å²) in [6.45, 7) is 3.38. The Morgan fingerprint density at radius 1 is 0.619 bits per heavy atom. The molecular weight excluding hydrogens is 264 g/mol. The maximum atomic E-state index is 12.6. The largest absolute Gasteiger partial charge is 0.342 e. The van der Waals surface area contributed by atoms with Crippen LogP contribution in [0.25, 0.3) is 0 Å². The molecule has 2 amide bonds. The van der Waals surface area contributed by atoms with Crippen LogP contribution in [0.4, 0.5) is 0 Å². The maximum absolute atomic E-state index is 12.6. The summed E-state index contributed by atoms with van der Waals surface area (Å²) in [5, 5.41) is 0. The summed E-state index contributed by atoms with van der Waals surface area (Å²) >= 11 is 0. The van der Waals surface area contributed by atoms with E-state index in [1.54, 1.807) is 0 Å². The van der Waals surface area contributed by atoms with Crippen LogP contribution in [-0.2, 0) is 9.59 Å². The lowest BCUT2D eigenvalue weighted by atomic mass is 9.87. The van der Waals surface area contributed by atoms with E-state index in [4.69, 9.17) is 0 Å². The molecule has 1 aliphatic carbocycles. The van der Waals surface area contributed by atoms with Crippen molar-refractivity contribution >= 4 is 11.8 Å². The molecule has 0 aromatic heterocycles.